The molecule has 0 bridgehead atoms. The molecule has 5 nitrogen and oxygen atoms in total. The minimum Gasteiger partial charge on any atom is -0.323 e. The third-order valence-electron chi connectivity index (χ3n) is 4.32. The highest BCUT2D eigenvalue weighted by atomic mass is 35.5. The standard InChI is InChI=1S/C22H15ClF2N4OS/c23-15-8-2-1-7-14(15)21-27-28-22(29(21)19-12-6-4-10-17(19)25)31-13-20(30)26-18-11-5-3-9-16(18)24/h1-12H,13H2,(H,26,30). The highest BCUT2D eigenvalue weighted by molar-refractivity contribution is 7.99. The second-order valence-corrected chi connectivity index (χ2v) is 7.74. The predicted molar refractivity (Wildman–Crippen MR) is 118 cm³/mol. The molecule has 0 unspecified atom stereocenters. The van der Waals surface area contributed by atoms with Gasteiger partial charge in [-0.3, -0.25) is 9.36 Å². The lowest BCUT2D eigenvalue weighted by molar-refractivity contribution is -0.113. The van der Waals surface area contributed by atoms with Gasteiger partial charge >= 0.3 is 0 Å². The van der Waals surface area contributed by atoms with Crippen LogP contribution in [0.5, 0.6) is 0 Å². The number of hydrogen-bond acceptors (Lipinski definition) is 4. The van der Waals surface area contributed by atoms with E-state index in [2.05, 4.69) is 15.5 Å². The summed E-state index contributed by atoms with van der Waals surface area (Å²) in [6, 6.07) is 19.1. The third-order valence-corrected chi connectivity index (χ3v) is 5.58. The van der Waals surface area contributed by atoms with Gasteiger partial charge in [0.2, 0.25) is 5.91 Å². The molecule has 3 aromatic carbocycles. The molecule has 0 fully saturated rings. The van der Waals surface area contributed by atoms with Crippen molar-refractivity contribution in [1.82, 2.24) is 14.8 Å². The molecule has 0 radical (unpaired) electrons. The fraction of sp³-hybridized carbons (Fsp3) is 0.0455. The van der Waals surface area contributed by atoms with E-state index in [4.69, 9.17) is 11.6 Å². The molecule has 4 rings (SSSR count). The Hall–Kier alpha value is -3.23. The normalized spacial score (nSPS) is 10.8. The van der Waals surface area contributed by atoms with Gasteiger partial charge in [-0.2, -0.15) is 0 Å². The number of halogens is 3. The van der Waals surface area contributed by atoms with E-state index in [0.717, 1.165) is 11.8 Å². The van der Waals surface area contributed by atoms with E-state index < -0.39 is 17.5 Å². The molecular formula is C22H15ClF2N4OS. The van der Waals surface area contributed by atoms with E-state index >= 15 is 0 Å². The Morgan fingerprint density at radius 3 is 2.35 bits per heavy atom. The Labute approximate surface area is 186 Å². The van der Waals surface area contributed by atoms with Gasteiger partial charge in [0.15, 0.2) is 11.0 Å². The summed E-state index contributed by atoms with van der Waals surface area (Å²) < 4.78 is 29.9. The van der Waals surface area contributed by atoms with Gasteiger partial charge in [0.25, 0.3) is 0 Å². The van der Waals surface area contributed by atoms with Crippen molar-refractivity contribution >= 4 is 35.0 Å². The first-order valence-corrected chi connectivity index (χ1v) is 10.5. The van der Waals surface area contributed by atoms with Crippen LogP contribution < -0.4 is 5.32 Å². The number of para-hydroxylation sites is 2. The van der Waals surface area contributed by atoms with E-state index in [-0.39, 0.29) is 17.1 Å². The molecule has 1 amide bonds. The maximum atomic E-state index is 14.6. The molecule has 0 saturated heterocycles. The Bertz CT molecular complexity index is 1250. The van der Waals surface area contributed by atoms with Crippen molar-refractivity contribution < 1.29 is 13.6 Å². The number of carbonyl (C=O) groups excluding carboxylic acids is 1. The SMILES string of the molecule is O=C(CSc1nnc(-c2ccccc2Cl)n1-c1ccccc1F)Nc1ccccc1F. The highest BCUT2D eigenvalue weighted by Gasteiger charge is 2.21. The molecule has 9 heteroatoms. The molecule has 156 valence electrons. The summed E-state index contributed by atoms with van der Waals surface area (Å²) in [4.78, 5) is 12.3. The smallest absolute Gasteiger partial charge is 0.234 e. The number of thioether (sulfide) groups is 1. The number of nitrogens with zero attached hydrogens (tertiary/aromatic N) is 3. The summed E-state index contributed by atoms with van der Waals surface area (Å²) in [6.07, 6.45) is 0. The van der Waals surface area contributed by atoms with Crippen molar-refractivity contribution in [2.45, 2.75) is 5.16 Å². The molecule has 31 heavy (non-hydrogen) atoms. The van der Waals surface area contributed by atoms with E-state index in [1.807, 2.05) is 0 Å². The zero-order valence-corrected chi connectivity index (χ0v) is 17.5. The number of carbonyl (C=O) groups is 1. The summed E-state index contributed by atoms with van der Waals surface area (Å²) in [7, 11) is 0. The number of nitrogens with one attached hydrogen (secondary N) is 1. The average molecular weight is 457 g/mol. The monoisotopic (exact) mass is 456 g/mol. The highest BCUT2D eigenvalue weighted by Crippen LogP contribution is 2.32. The van der Waals surface area contributed by atoms with Gasteiger partial charge in [0.1, 0.15) is 11.6 Å². The fourth-order valence-corrected chi connectivity index (χ4v) is 3.87. The van der Waals surface area contributed by atoms with Crippen LogP contribution in [0.3, 0.4) is 0 Å². The van der Waals surface area contributed by atoms with Gasteiger partial charge in [0.05, 0.1) is 22.2 Å². The van der Waals surface area contributed by atoms with Crippen LogP contribution in [0.4, 0.5) is 14.5 Å². The predicted octanol–water partition coefficient (Wildman–Crippen LogP) is 5.60. The zero-order chi connectivity index (χ0) is 21.8. The minimum atomic E-state index is -0.531. The van der Waals surface area contributed by atoms with Crippen molar-refractivity contribution in [3.63, 3.8) is 0 Å². The summed E-state index contributed by atoms with van der Waals surface area (Å²) in [6.45, 7) is 0. The Morgan fingerprint density at radius 2 is 1.61 bits per heavy atom. The number of benzene rings is 3. The Balaban J connectivity index is 1.65. The number of rotatable bonds is 6. The second-order valence-electron chi connectivity index (χ2n) is 6.39. The van der Waals surface area contributed by atoms with Crippen molar-refractivity contribution in [3.8, 4) is 17.1 Å². The minimum absolute atomic E-state index is 0.0799. The van der Waals surface area contributed by atoms with E-state index in [1.54, 1.807) is 48.5 Å². The molecular weight excluding hydrogens is 442 g/mol. The molecule has 0 aliphatic rings. The lowest BCUT2D eigenvalue weighted by Crippen LogP contribution is -2.15. The maximum absolute atomic E-state index is 14.6. The fourth-order valence-electron chi connectivity index (χ4n) is 2.91. The first kappa shape index (κ1) is 21.0. The maximum Gasteiger partial charge on any atom is 0.234 e. The molecule has 0 spiro atoms. The molecule has 1 N–H and O–H groups in total. The van der Waals surface area contributed by atoms with Crippen LogP contribution in [0.25, 0.3) is 17.1 Å². The van der Waals surface area contributed by atoms with Gasteiger partial charge in [-0.1, -0.05) is 59.8 Å². The molecule has 0 aliphatic carbocycles. The van der Waals surface area contributed by atoms with Gasteiger partial charge in [-0.15, -0.1) is 10.2 Å². The lowest BCUT2D eigenvalue weighted by Gasteiger charge is -2.12. The van der Waals surface area contributed by atoms with Crippen molar-refractivity contribution in [2.24, 2.45) is 0 Å². The molecule has 0 aliphatic heterocycles. The van der Waals surface area contributed by atoms with Gasteiger partial charge in [-0.25, -0.2) is 8.78 Å². The van der Waals surface area contributed by atoms with Crippen LogP contribution in [-0.4, -0.2) is 26.4 Å². The molecule has 0 saturated carbocycles. The van der Waals surface area contributed by atoms with E-state index in [0.29, 0.717) is 21.6 Å². The second kappa shape index (κ2) is 9.28. The van der Waals surface area contributed by atoms with Crippen LogP contribution in [-0.2, 0) is 4.79 Å². The topological polar surface area (TPSA) is 59.8 Å². The van der Waals surface area contributed by atoms with E-state index in [1.165, 1.54) is 28.8 Å². The van der Waals surface area contributed by atoms with Crippen molar-refractivity contribution in [1.29, 1.82) is 0 Å². The summed E-state index contributed by atoms with van der Waals surface area (Å²) in [5, 5.41) is 11.6. The van der Waals surface area contributed by atoms with Crippen LogP contribution >= 0.6 is 23.4 Å². The largest absolute Gasteiger partial charge is 0.323 e. The van der Waals surface area contributed by atoms with Crippen LogP contribution in [0.2, 0.25) is 5.02 Å². The molecule has 1 aromatic heterocycles. The molecule has 1 heterocycles. The number of anilines is 1. The average Bonchev–Trinajstić information content (AvgIpc) is 3.18. The number of hydrogen-bond donors (Lipinski definition) is 1. The van der Waals surface area contributed by atoms with Crippen molar-refractivity contribution in [3.05, 3.63) is 89.5 Å². The quantitative estimate of drug-likeness (QED) is 0.384. The summed E-state index contributed by atoms with van der Waals surface area (Å²) in [5.74, 6) is -1.18. The Kier molecular flexibility index (Phi) is 6.29. The zero-order valence-electron chi connectivity index (χ0n) is 15.9. The van der Waals surface area contributed by atoms with Gasteiger partial charge in [-0.05, 0) is 36.4 Å². The first-order chi connectivity index (χ1) is 15.0. The molecule has 4 aromatic rings. The number of aromatic nitrogens is 3. The summed E-state index contributed by atoms with van der Waals surface area (Å²) >= 11 is 7.37. The van der Waals surface area contributed by atoms with Crippen LogP contribution in [0, 0.1) is 11.6 Å². The van der Waals surface area contributed by atoms with E-state index in [9.17, 15) is 13.6 Å². The summed E-state index contributed by atoms with van der Waals surface area (Å²) in [5.41, 5.74) is 0.877. The molecule has 0 atom stereocenters. The van der Waals surface area contributed by atoms with Crippen LogP contribution in [0.15, 0.2) is 78.0 Å². The number of amides is 1. The van der Waals surface area contributed by atoms with Crippen LogP contribution in [0.1, 0.15) is 0 Å². The lowest BCUT2D eigenvalue weighted by atomic mass is 10.2. The van der Waals surface area contributed by atoms with Gasteiger partial charge in [0, 0.05) is 5.56 Å². The third kappa shape index (κ3) is 4.60. The Morgan fingerprint density at radius 1 is 0.935 bits per heavy atom. The van der Waals surface area contributed by atoms with Crippen molar-refractivity contribution in [2.75, 3.05) is 11.1 Å². The van der Waals surface area contributed by atoms with Gasteiger partial charge < -0.3 is 5.32 Å². The first-order valence-electron chi connectivity index (χ1n) is 9.17.